The van der Waals surface area contributed by atoms with Crippen LogP contribution in [0.1, 0.15) is 12.6 Å². The minimum atomic E-state index is -0.461. The summed E-state index contributed by atoms with van der Waals surface area (Å²) in [6.07, 6.45) is -0.461. The zero-order valence-electron chi connectivity index (χ0n) is 11.4. The zero-order chi connectivity index (χ0) is 13.4. The van der Waals surface area contributed by atoms with Gasteiger partial charge in [-0.1, -0.05) is 6.07 Å². The first-order valence-electron chi connectivity index (χ1n) is 6.21. The molecule has 1 unspecified atom stereocenters. The number of hydrogen-bond donors (Lipinski definition) is 2. The number of ether oxygens (including phenoxy) is 1. The van der Waals surface area contributed by atoms with E-state index in [9.17, 15) is 5.11 Å². The van der Waals surface area contributed by atoms with Gasteiger partial charge in [-0.2, -0.15) is 0 Å². The predicted molar refractivity (Wildman–Crippen MR) is 72.6 cm³/mol. The molecule has 0 aromatic carbocycles. The Balaban J connectivity index is 2.47. The van der Waals surface area contributed by atoms with Crippen molar-refractivity contribution in [3.63, 3.8) is 0 Å². The second-order valence-electron chi connectivity index (χ2n) is 4.35. The Morgan fingerprint density at radius 2 is 2.28 bits per heavy atom. The molecule has 0 aliphatic carbocycles. The summed E-state index contributed by atoms with van der Waals surface area (Å²) in [6, 6.07) is 5.92. The first kappa shape index (κ1) is 14.9. The lowest BCUT2D eigenvalue weighted by Crippen LogP contribution is -2.31. The number of anilines is 1. The fraction of sp³-hybridized carbons (Fsp3) is 0.615. The Morgan fingerprint density at radius 1 is 1.50 bits per heavy atom. The van der Waals surface area contributed by atoms with Crippen LogP contribution in [0, 0.1) is 0 Å². The van der Waals surface area contributed by atoms with E-state index in [1.54, 1.807) is 7.11 Å². The Kier molecular flexibility index (Phi) is 6.64. The molecule has 1 aromatic heterocycles. The monoisotopic (exact) mass is 253 g/mol. The van der Waals surface area contributed by atoms with Gasteiger partial charge in [-0.15, -0.1) is 0 Å². The van der Waals surface area contributed by atoms with Crippen molar-refractivity contribution in [1.29, 1.82) is 0 Å². The molecule has 0 spiro atoms. The van der Waals surface area contributed by atoms with Gasteiger partial charge in [-0.3, -0.25) is 4.90 Å². The van der Waals surface area contributed by atoms with Crippen LogP contribution in [-0.4, -0.2) is 54.9 Å². The van der Waals surface area contributed by atoms with Gasteiger partial charge in [0.25, 0.3) is 0 Å². The van der Waals surface area contributed by atoms with E-state index in [-0.39, 0.29) is 0 Å². The summed E-state index contributed by atoms with van der Waals surface area (Å²) in [5.74, 6) is 0.890. The van der Waals surface area contributed by atoms with Crippen LogP contribution in [0.3, 0.4) is 0 Å². The van der Waals surface area contributed by atoms with E-state index in [2.05, 4.69) is 10.3 Å². The maximum Gasteiger partial charge on any atom is 0.126 e. The summed E-state index contributed by atoms with van der Waals surface area (Å²) >= 11 is 0. The minimum Gasteiger partial charge on any atom is -0.389 e. The molecule has 0 saturated carbocycles. The summed E-state index contributed by atoms with van der Waals surface area (Å²) in [6.45, 7) is 4.54. The van der Waals surface area contributed by atoms with Crippen molar-refractivity contribution in [1.82, 2.24) is 9.88 Å². The van der Waals surface area contributed by atoms with E-state index in [0.717, 1.165) is 18.1 Å². The molecule has 0 fully saturated rings. The molecule has 18 heavy (non-hydrogen) atoms. The van der Waals surface area contributed by atoms with Crippen molar-refractivity contribution in [2.75, 3.05) is 39.2 Å². The molecule has 1 aromatic rings. The maximum absolute atomic E-state index is 9.64. The van der Waals surface area contributed by atoms with Crippen molar-refractivity contribution in [3.8, 4) is 0 Å². The number of pyridine rings is 1. The lowest BCUT2D eigenvalue weighted by Gasteiger charge is -2.19. The Morgan fingerprint density at radius 3 is 2.94 bits per heavy atom. The van der Waals surface area contributed by atoms with Gasteiger partial charge >= 0.3 is 0 Å². The highest BCUT2D eigenvalue weighted by Gasteiger charge is 2.09. The molecule has 1 heterocycles. The fourth-order valence-corrected chi connectivity index (χ4v) is 1.79. The summed E-state index contributed by atoms with van der Waals surface area (Å²) in [5.41, 5.74) is 0.987. The third kappa shape index (κ3) is 5.44. The van der Waals surface area contributed by atoms with Crippen LogP contribution < -0.4 is 5.32 Å². The number of aliphatic hydroxyl groups is 1. The molecule has 0 radical (unpaired) electrons. The van der Waals surface area contributed by atoms with Crippen LogP contribution in [0.4, 0.5) is 5.82 Å². The molecular weight excluding hydrogens is 230 g/mol. The summed E-state index contributed by atoms with van der Waals surface area (Å²) in [7, 11) is 3.55. The van der Waals surface area contributed by atoms with Gasteiger partial charge in [0.15, 0.2) is 0 Å². The van der Waals surface area contributed by atoms with Crippen molar-refractivity contribution in [2.24, 2.45) is 0 Å². The molecule has 5 nitrogen and oxygen atoms in total. The van der Waals surface area contributed by atoms with E-state index in [0.29, 0.717) is 19.7 Å². The molecule has 0 aliphatic rings. The molecule has 102 valence electrons. The maximum atomic E-state index is 9.64. The van der Waals surface area contributed by atoms with Gasteiger partial charge < -0.3 is 15.2 Å². The number of aromatic nitrogens is 1. The van der Waals surface area contributed by atoms with Gasteiger partial charge in [-0.05, 0) is 26.1 Å². The molecule has 0 saturated heterocycles. The Bertz CT molecular complexity index is 347. The topological polar surface area (TPSA) is 57.6 Å². The largest absolute Gasteiger partial charge is 0.389 e. The highest BCUT2D eigenvalue weighted by molar-refractivity contribution is 5.34. The highest BCUT2D eigenvalue weighted by Crippen LogP contribution is 2.06. The van der Waals surface area contributed by atoms with E-state index in [1.807, 2.05) is 37.1 Å². The standard InChI is InChI=1S/C13H23N3O2/c1-4-14-13-7-5-6-11(15-13)8-16(2)9-12(17)10-18-3/h5-7,12,17H,4,8-10H2,1-3H3,(H,14,15). The summed E-state index contributed by atoms with van der Waals surface area (Å²) in [4.78, 5) is 6.52. The van der Waals surface area contributed by atoms with Crippen LogP contribution in [0.25, 0.3) is 0 Å². The van der Waals surface area contributed by atoms with Gasteiger partial charge in [0, 0.05) is 26.7 Å². The van der Waals surface area contributed by atoms with Crippen molar-refractivity contribution < 1.29 is 9.84 Å². The molecule has 0 amide bonds. The highest BCUT2D eigenvalue weighted by atomic mass is 16.5. The minimum absolute atomic E-state index is 0.356. The first-order valence-corrected chi connectivity index (χ1v) is 6.21. The van der Waals surface area contributed by atoms with E-state index in [4.69, 9.17) is 4.74 Å². The molecular formula is C13H23N3O2. The molecule has 1 atom stereocenters. The number of rotatable bonds is 8. The van der Waals surface area contributed by atoms with Gasteiger partial charge in [0.05, 0.1) is 18.4 Å². The van der Waals surface area contributed by atoms with Crippen LogP contribution in [0.5, 0.6) is 0 Å². The predicted octanol–water partition coefficient (Wildman–Crippen LogP) is 0.952. The van der Waals surface area contributed by atoms with E-state index in [1.165, 1.54) is 0 Å². The van der Waals surface area contributed by atoms with E-state index < -0.39 is 6.10 Å². The number of methoxy groups -OCH3 is 1. The van der Waals surface area contributed by atoms with Crippen LogP contribution >= 0.6 is 0 Å². The third-order valence-electron chi connectivity index (χ3n) is 2.48. The molecule has 1 rings (SSSR count). The first-order chi connectivity index (χ1) is 8.65. The fourth-order valence-electron chi connectivity index (χ4n) is 1.79. The SMILES string of the molecule is CCNc1cccc(CN(C)CC(O)COC)n1. The number of nitrogens with one attached hydrogen (secondary N) is 1. The third-order valence-corrected chi connectivity index (χ3v) is 2.48. The second-order valence-corrected chi connectivity index (χ2v) is 4.35. The second kappa shape index (κ2) is 8.02. The van der Waals surface area contributed by atoms with Crippen molar-refractivity contribution >= 4 is 5.82 Å². The van der Waals surface area contributed by atoms with Gasteiger partial charge in [-0.25, -0.2) is 4.98 Å². The van der Waals surface area contributed by atoms with Crippen LogP contribution in [0.2, 0.25) is 0 Å². The number of nitrogens with zero attached hydrogens (tertiary/aromatic N) is 2. The quantitative estimate of drug-likeness (QED) is 0.722. The Hall–Kier alpha value is -1.17. The number of aliphatic hydroxyl groups excluding tert-OH is 1. The molecule has 2 N–H and O–H groups in total. The van der Waals surface area contributed by atoms with Crippen molar-refractivity contribution in [3.05, 3.63) is 23.9 Å². The molecule has 0 aliphatic heterocycles. The smallest absolute Gasteiger partial charge is 0.126 e. The number of likely N-dealkylation sites (N-methyl/N-ethyl adjacent to an activating group) is 1. The zero-order valence-corrected chi connectivity index (χ0v) is 11.4. The van der Waals surface area contributed by atoms with Crippen molar-refractivity contribution in [2.45, 2.75) is 19.6 Å². The number of hydrogen-bond acceptors (Lipinski definition) is 5. The normalized spacial score (nSPS) is 12.7. The Labute approximate surface area is 109 Å². The summed E-state index contributed by atoms with van der Waals surface area (Å²) < 4.78 is 4.90. The lowest BCUT2D eigenvalue weighted by atomic mass is 10.3. The van der Waals surface area contributed by atoms with Gasteiger partial charge in [0.1, 0.15) is 5.82 Å². The van der Waals surface area contributed by atoms with Crippen LogP contribution in [-0.2, 0) is 11.3 Å². The summed E-state index contributed by atoms with van der Waals surface area (Å²) in [5, 5.41) is 12.8. The van der Waals surface area contributed by atoms with Crippen LogP contribution in [0.15, 0.2) is 18.2 Å². The lowest BCUT2D eigenvalue weighted by molar-refractivity contribution is 0.0417. The van der Waals surface area contributed by atoms with E-state index >= 15 is 0 Å². The molecule has 5 heteroatoms. The average Bonchev–Trinajstić information content (AvgIpc) is 2.29. The average molecular weight is 253 g/mol. The van der Waals surface area contributed by atoms with Gasteiger partial charge in [0.2, 0.25) is 0 Å². The molecule has 0 bridgehead atoms.